The van der Waals surface area contributed by atoms with Crippen LogP contribution in [0.15, 0.2) is 48.5 Å². The number of hydrogen-bond donors (Lipinski definition) is 1. The minimum absolute atomic E-state index is 0.112. The number of benzene rings is 2. The maximum atomic E-state index is 13.4. The number of piperidine rings is 1. The fraction of sp³-hybridized carbons (Fsp3) is 0.333. The minimum Gasteiger partial charge on any atom is -0.327 e. The van der Waals surface area contributed by atoms with Crippen LogP contribution in [0.3, 0.4) is 0 Å². The Labute approximate surface area is 135 Å². The number of likely N-dealkylation sites (tertiary alicyclic amines) is 1. The van der Waals surface area contributed by atoms with Gasteiger partial charge in [-0.15, -0.1) is 0 Å². The van der Waals surface area contributed by atoms with Crippen molar-refractivity contribution in [3.05, 3.63) is 70.5 Å². The Morgan fingerprint density at radius 1 is 1.14 bits per heavy atom. The van der Waals surface area contributed by atoms with E-state index in [2.05, 4.69) is 11.0 Å². The number of nitrogens with two attached hydrogens (primary N) is 1. The molecule has 2 aromatic rings. The molecule has 0 saturated carbocycles. The van der Waals surface area contributed by atoms with Gasteiger partial charge in [0.1, 0.15) is 5.82 Å². The van der Waals surface area contributed by atoms with Gasteiger partial charge < -0.3 is 5.73 Å². The summed E-state index contributed by atoms with van der Waals surface area (Å²) in [5, 5.41) is 0.750. The highest BCUT2D eigenvalue weighted by Crippen LogP contribution is 2.28. The van der Waals surface area contributed by atoms with Crippen molar-refractivity contribution in [2.45, 2.75) is 24.9 Å². The van der Waals surface area contributed by atoms with Crippen LogP contribution in [0, 0.1) is 5.82 Å². The molecule has 2 nitrogen and oxygen atoms in total. The van der Waals surface area contributed by atoms with Gasteiger partial charge in [0.15, 0.2) is 0 Å². The third kappa shape index (κ3) is 3.86. The van der Waals surface area contributed by atoms with E-state index in [-0.39, 0.29) is 17.8 Å². The Morgan fingerprint density at radius 2 is 1.95 bits per heavy atom. The first-order valence-electron chi connectivity index (χ1n) is 7.58. The number of rotatable bonds is 3. The molecule has 4 heteroatoms. The van der Waals surface area contributed by atoms with Gasteiger partial charge in [-0.25, -0.2) is 4.39 Å². The van der Waals surface area contributed by atoms with Crippen LogP contribution in [0.2, 0.25) is 5.02 Å². The van der Waals surface area contributed by atoms with E-state index in [9.17, 15) is 4.39 Å². The molecule has 2 N–H and O–H groups in total. The summed E-state index contributed by atoms with van der Waals surface area (Å²) in [7, 11) is 0. The molecule has 116 valence electrons. The summed E-state index contributed by atoms with van der Waals surface area (Å²) in [4.78, 5) is 2.33. The average Bonchev–Trinajstić information content (AvgIpc) is 2.46. The molecule has 0 aliphatic carbocycles. The second-order valence-electron chi connectivity index (χ2n) is 6.07. The summed E-state index contributed by atoms with van der Waals surface area (Å²) >= 11 is 6.05. The molecule has 22 heavy (non-hydrogen) atoms. The van der Waals surface area contributed by atoms with Crippen LogP contribution >= 0.6 is 11.6 Å². The van der Waals surface area contributed by atoms with Crippen molar-refractivity contribution < 1.29 is 4.39 Å². The van der Waals surface area contributed by atoms with Crippen LogP contribution in [-0.4, -0.2) is 24.0 Å². The van der Waals surface area contributed by atoms with Gasteiger partial charge in [0, 0.05) is 30.7 Å². The molecule has 0 amide bonds. The first kappa shape index (κ1) is 15.5. The van der Waals surface area contributed by atoms with E-state index in [0.29, 0.717) is 0 Å². The monoisotopic (exact) mass is 318 g/mol. The molecular formula is C18H20ClFN2. The van der Waals surface area contributed by atoms with E-state index in [1.54, 1.807) is 12.1 Å². The molecule has 2 unspecified atom stereocenters. The van der Waals surface area contributed by atoms with Gasteiger partial charge in [-0.05, 0) is 47.7 Å². The van der Waals surface area contributed by atoms with Crippen LogP contribution in [0.4, 0.5) is 4.39 Å². The molecule has 0 radical (unpaired) electrons. The lowest BCUT2D eigenvalue weighted by molar-refractivity contribution is 0.181. The third-order valence-corrected chi connectivity index (χ3v) is 4.41. The van der Waals surface area contributed by atoms with Crippen molar-refractivity contribution in [1.82, 2.24) is 4.90 Å². The lowest BCUT2D eigenvalue weighted by Gasteiger charge is -2.36. The highest BCUT2D eigenvalue weighted by molar-refractivity contribution is 6.30. The van der Waals surface area contributed by atoms with Crippen molar-refractivity contribution in [3.8, 4) is 0 Å². The standard InChI is InChI=1S/C18H20ClFN2/c19-16-5-1-3-13(7-16)10-22-11-15(9-18(21)12-22)14-4-2-6-17(20)8-14/h1-8,15,18H,9-12,21H2. The van der Waals surface area contributed by atoms with Crippen molar-refractivity contribution in [3.63, 3.8) is 0 Å². The Kier molecular flexibility index (Phi) is 4.77. The number of hydrogen-bond acceptors (Lipinski definition) is 2. The zero-order valence-electron chi connectivity index (χ0n) is 12.4. The van der Waals surface area contributed by atoms with Crippen LogP contribution < -0.4 is 5.73 Å². The predicted octanol–water partition coefficient (Wildman–Crippen LogP) is 3.80. The summed E-state index contributed by atoms with van der Waals surface area (Å²) in [5.41, 5.74) is 8.43. The van der Waals surface area contributed by atoms with Gasteiger partial charge in [0.2, 0.25) is 0 Å². The Balaban J connectivity index is 1.73. The maximum Gasteiger partial charge on any atom is 0.123 e. The Bertz CT molecular complexity index is 646. The molecule has 1 fully saturated rings. The van der Waals surface area contributed by atoms with Crippen molar-refractivity contribution in [2.75, 3.05) is 13.1 Å². The second kappa shape index (κ2) is 6.78. The summed E-state index contributed by atoms with van der Waals surface area (Å²) < 4.78 is 13.4. The summed E-state index contributed by atoms with van der Waals surface area (Å²) in [6.07, 6.45) is 0.898. The van der Waals surface area contributed by atoms with Crippen molar-refractivity contribution in [1.29, 1.82) is 0 Å². The Morgan fingerprint density at radius 3 is 2.73 bits per heavy atom. The van der Waals surface area contributed by atoms with Gasteiger partial charge in [-0.2, -0.15) is 0 Å². The zero-order valence-corrected chi connectivity index (χ0v) is 13.1. The van der Waals surface area contributed by atoms with Gasteiger partial charge in [-0.1, -0.05) is 35.9 Å². The van der Waals surface area contributed by atoms with E-state index in [1.807, 2.05) is 24.3 Å². The molecular weight excluding hydrogens is 299 g/mol. The lowest BCUT2D eigenvalue weighted by atomic mass is 9.88. The van der Waals surface area contributed by atoms with Gasteiger partial charge in [0.25, 0.3) is 0 Å². The summed E-state index contributed by atoms with van der Waals surface area (Å²) in [5.74, 6) is 0.0941. The predicted molar refractivity (Wildman–Crippen MR) is 88.5 cm³/mol. The van der Waals surface area contributed by atoms with Crippen molar-refractivity contribution in [2.24, 2.45) is 5.73 Å². The van der Waals surface area contributed by atoms with Crippen molar-refractivity contribution >= 4 is 11.6 Å². The van der Waals surface area contributed by atoms with Gasteiger partial charge >= 0.3 is 0 Å². The largest absolute Gasteiger partial charge is 0.327 e. The van der Waals surface area contributed by atoms with E-state index in [1.165, 1.54) is 11.6 Å². The first-order valence-corrected chi connectivity index (χ1v) is 7.96. The molecule has 2 aromatic carbocycles. The van der Waals surface area contributed by atoms with Gasteiger partial charge in [0.05, 0.1) is 0 Å². The lowest BCUT2D eigenvalue weighted by Crippen LogP contribution is -2.45. The molecule has 1 heterocycles. The molecule has 0 aromatic heterocycles. The second-order valence-corrected chi connectivity index (χ2v) is 6.51. The van der Waals surface area contributed by atoms with Crippen LogP contribution in [0.1, 0.15) is 23.5 Å². The third-order valence-electron chi connectivity index (χ3n) is 4.17. The fourth-order valence-corrected chi connectivity index (χ4v) is 3.47. The van der Waals surface area contributed by atoms with Crippen LogP contribution in [0.5, 0.6) is 0 Å². The van der Waals surface area contributed by atoms with E-state index < -0.39 is 0 Å². The van der Waals surface area contributed by atoms with Gasteiger partial charge in [-0.3, -0.25) is 4.90 Å². The van der Waals surface area contributed by atoms with E-state index in [4.69, 9.17) is 17.3 Å². The number of nitrogens with zero attached hydrogens (tertiary/aromatic N) is 1. The quantitative estimate of drug-likeness (QED) is 0.932. The maximum absolute atomic E-state index is 13.4. The highest BCUT2D eigenvalue weighted by atomic mass is 35.5. The molecule has 0 bridgehead atoms. The number of halogens is 2. The first-order chi connectivity index (χ1) is 10.6. The smallest absolute Gasteiger partial charge is 0.123 e. The van der Waals surface area contributed by atoms with E-state index in [0.717, 1.165) is 36.6 Å². The molecule has 1 saturated heterocycles. The summed E-state index contributed by atoms with van der Waals surface area (Å²) in [6.45, 7) is 2.57. The SMILES string of the molecule is NC1CC(c2cccc(F)c2)CN(Cc2cccc(Cl)c2)C1. The average molecular weight is 319 g/mol. The normalized spacial score (nSPS) is 22.7. The zero-order chi connectivity index (χ0) is 15.5. The minimum atomic E-state index is -0.182. The molecule has 0 spiro atoms. The topological polar surface area (TPSA) is 29.3 Å². The van der Waals surface area contributed by atoms with Crippen LogP contribution in [-0.2, 0) is 6.54 Å². The molecule has 2 atom stereocenters. The molecule has 1 aliphatic rings. The molecule has 1 aliphatic heterocycles. The Hall–Kier alpha value is -1.42. The van der Waals surface area contributed by atoms with Crippen LogP contribution in [0.25, 0.3) is 0 Å². The molecule has 3 rings (SSSR count). The van der Waals surface area contributed by atoms with E-state index >= 15 is 0 Å². The summed E-state index contributed by atoms with van der Waals surface area (Å²) in [6, 6.07) is 14.9. The highest BCUT2D eigenvalue weighted by Gasteiger charge is 2.26. The fourth-order valence-electron chi connectivity index (χ4n) is 3.26.